The highest BCUT2D eigenvalue weighted by Crippen LogP contribution is 2.30. The highest BCUT2D eigenvalue weighted by molar-refractivity contribution is 5.76. The second-order valence-corrected chi connectivity index (χ2v) is 8.38. The van der Waals surface area contributed by atoms with Gasteiger partial charge in [0, 0.05) is 19.6 Å². The first-order valence-electron chi connectivity index (χ1n) is 11.3. The number of rotatable bonds is 19. The van der Waals surface area contributed by atoms with E-state index in [4.69, 9.17) is 10.5 Å². The van der Waals surface area contributed by atoms with Crippen molar-refractivity contribution >= 4 is 5.91 Å². The van der Waals surface area contributed by atoms with Gasteiger partial charge in [-0.3, -0.25) is 4.79 Å². The number of ether oxygens (including phenoxy) is 1. The summed E-state index contributed by atoms with van der Waals surface area (Å²) in [6.07, 6.45) is 18.2. The van der Waals surface area contributed by atoms with Crippen molar-refractivity contribution < 1.29 is 9.53 Å². The lowest BCUT2D eigenvalue weighted by Gasteiger charge is -2.26. The van der Waals surface area contributed by atoms with E-state index in [0.29, 0.717) is 5.92 Å². The van der Waals surface area contributed by atoms with Crippen LogP contribution in [-0.2, 0) is 9.53 Å². The Labute approximate surface area is 163 Å². The van der Waals surface area contributed by atoms with Crippen LogP contribution in [-0.4, -0.2) is 19.6 Å². The van der Waals surface area contributed by atoms with Crippen LogP contribution in [0.4, 0.5) is 0 Å². The minimum atomic E-state index is -0.144. The molecule has 0 aromatic heterocycles. The normalized spacial score (nSPS) is 14.9. The fourth-order valence-corrected chi connectivity index (χ4v) is 3.95. The highest BCUT2D eigenvalue weighted by Gasteiger charge is 2.21. The van der Waals surface area contributed by atoms with E-state index < -0.39 is 0 Å². The zero-order valence-corrected chi connectivity index (χ0v) is 18.2. The van der Waals surface area contributed by atoms with E-state index in [1.807, 2.05) is 6.92 Å². The number of carbonyl (C=O) groups is 1. The second kappa shape index (κ2) is 17.8. The Kier molecular flexibility index (Phi) is 17.4. The maximum absolute atomic E-state index is 11.4. The van der Waals surface area contributed by atoms with Gasteiger partial charge < -0.3 is 10.5 Å². The maximum Gasteiger partial charge on any atom is 0.220 e. The topological polar surface area (TPSA) is 52.3 Å². The molecular weight excluding hydrogens is 322 g/mol. The van der Waals surface area contributed by atoms with E-state index in [1.54, 1.807) is 7.11 Å². The molecule has 0 saturated heterocycles. The summed E-state index contributed by atoms with van der Waals surface area (Å²) in [6.45, 7) is 7.49. The zero-order chi connectivity index (χ0) is 19.6. The highest BCUT2D eigenvalue weighted by atomic mass is 16.5. The molecule has 3 atom stereocenters. The molecule has 0 rings (SSSR count). The van der Waals surface area contributed by atoms with Gasteiger partial charge in [-0.2, -0.15) is 0 Å². The van der Waals surface area contributed by atoms with E-state index in [2.05, 4.69) is 13.8 Å². The summed E-state index contributed by atoms with van der Waals surface area (Å²) in [6, 6.07) is 0. The molecule has 0 heterocycles. The third-order valence-electron chi connectivity index (χ3n) is 5.87. The summed E-state index contributed by atoms with van der Waals surface area (Å²) in [7, 11) is 1.78. The maximum atomic E-state index is 11.4. The summed E-state index contributed by atoms with van der Waals surface area (Å²) in [5.41, 5.74) is 5.48. The summed E-state index contributed by atoms with van der Waals surface area (Å²) in [5, 5.41) is 0. The first-order chi connectivity index (χ1) is 12.5. The Morgan fingerprint density at radius 1 is 0.846 bits per heavy atom. The van der Waals surface area contributed by atoms with E-state index in [-0.39, 0.29) is 11.8 Å². The van der Waals surface area contributed by atoms with E-state index in [1.165, 1.54) is 83.5 Å². The van der Waals surface area contributed by atoms with Crippen LogP contribution in [0.15, 0.2) is 0 Å². The molecule has 0 aromatic carbocycles. The van der Waals surface area contributed by atoms with Gasteiger partial charge >= 0.3 is 0 Å². The average Bonchev–Trinajstić information content (AvgIpc) is 2.61. The molecular formula is C23H47NO2. The van der Waals surface area contributed by atoms with Crippen molar-refractivity contribution in [3.63, 3.8) is 0 Å². The van der Waals surface area contributed by atoms with E-state index >= 15 is 0 Å². The standard InChI is InChI=1S/C23H47NO2/c1-5-6-7-10-13-16-22(20(2)19-21(3)23(24)25)17-14-11-8-9-12-15-18-26-4/h20-22H,5-19H2,1-4H3,(H2,24,25). The molecule has 3 heteroatoms. The molecule has 0 fully saturated rings. The molecule has 26 heavy (non-hydrogen) atoms. The molecule has 0 aliphatic heterocycles. The molecule has 1 amide bonds. The van der Waals surface area contributed by atoms with Crippen molar-refractivity contribution in [1.82, 2.24) is 0 Å². The molecule has 2 N–H and O–H groups in total. The molecule has 3 nitrogen and oxygen atoms in total. The number of nitrogens with two attached hydrogens (primary N) is 1. The smallest absolute Gasteiger partial charge is 0.220 e. The third kappa shape index (κ3) is 14.6. The van der Waals surface area contributed by atoms with Gasteiger partial charge in [-0.15, -0.1) is 0 Å². The molecule has 0 spiro atoms. The lowest BCUT2D eigenvalue weighted by Crippen LogP contribution is -2.25. The molecule has 0 aromatic rings. The lowest BCUT2D eigenvalue weighted by molar-refractivity contribution is -0.121. The number of hydrogen-bond acceptors (Lipinski definition) is 2. The Morgan fingerprint density at radius 2 is 1.35 bits per heavy atom. The Hall–Kier alpha value is -0.570. The first kappa shape index (κ1) is 25.4. The van der Waals surface area contributed by atoms with Gasteiger partial charge in [-0.05, 0) is 24.7 Å². The van der Waals surface area contributed by atoms with Crippen LogP contribution in [0.3, 0.4) is 0 Å². The summed E-state index contributed by atoms with van der Waals surface area (Å²) < 4.78 is 5.10. The molecule has 0 saturated carbocycles. The van der Waals surface area contributed by atoms with Crippen molar-refractivity contribution in [1.29, 1.82) is 0 Å². The van der Waals surface area contributed by atoms with E-state index in [9.17, 15) is 4.79 Å². The molecule has 0 aliphatic rings. The predicted octanol–water partition coefficient (Wildman–Crippen LogP) is 6.49. The predicted molar refractivity (Wildman–Crippen MR) is 113 cm³/mol. The molecule has 0 radical (unpaired) electrons. The van der Waals surface area contributed by atoms with Gasteiger partial charge in [-0.25, -0.2) is 0 Å². The average molecular weight is 370 g/mol. The second-order valence-electron chi connectivity index (χ2n) is 8.38. The lowest BCUT2D eigenvalue weighted by atomic mass is 9.80. The summed E-state index contributed by atoms with van der Waals surface area (Å²) in [4.78, 5) is 11.4. The number of amides is 1. The Balaban J connectivity index is 4.11. The minimum absolute atomic E-state index is 0.00776. The molecule has 3 unspecified atom stereocenters. The van der Waals surface area contributed by atoms with Crippen molar-refractivity contribution in [3.8, 4) is 0 Å². The number of methoxy groups -OCH3 is 1. The van der Waals surface area contributed by atoms with Gasteiger partial charge in [0.1, 0.15) is 0 Å². The third-order valence-corrected chi connectivity index (χ3v) is 5.87. The molecule has 156 valence electrons. The van der Waals surface area contributed by atoms with Crippen LogP contribution >= 0.6 is 0 Å². The largest absolute Gasteiger partial charge is 0.385 e. The summed E-state index contributed by atoms with van der Waals surface area (Å²) >= 11 is 0. The van der Waals surface area contributed by atoms with E-state index in [0.717, 1.165) is 18.9 Å². The fourth-order valence-electron chi connectivity index (χ4n) is 3.95. The van der Waals surface area contributed by atoms with Crippen molar-refractivity contribution in [2.45, 2.75) is 111 Å². The SMILES string of the molecule is CCCCCCCC(CCCCCCCCOC)C(C)CC(C)C(N)=O. The Bertz CT molecular complexity index is 319. The summed E-state index contributed by atoms with van der Waals surface area (Å²) in [5.74, 6) is 1.22. The fraction of sp³-hybridized carbons (Fsp3) is 0.957. The van der Waals surface area contributed by atoms with Gasteiger partial charge in [0.15, 0.2) is 0 Å². The minimum Gasteiger partial charge on any atom is -0.385 e. The van der Waals surface area contributed by atoms with Gasteiger partial charge in [0.25, 0.3) is 0 Å². The van der Waals surface area contributed by atoms with Crippen molar-refractivity contribution in [2.24, 2.45) is 23.5 Å². The van der Waals surface area contributed by atoms with Gasteiger partial charge in [-0.1, -0.05) is 97.8 Å². The van der Waals surface area contributed by atoms with Crippen LogP contribution in [0.5, 0.6) is 0 Å². The van der Waals surface area contributed by atoms with Crippen LogP contribution in [0, 0.1) is 17.8 Å². The first-order valence-corrected chi connectivity index (χ1v) is 11.3. The number of carbonyl (C=O) groups excluding carboxylic acids is 1. The van der Waals surface area contributed by atoms with Gasteiger partial charge in [0.05, 0.1) is 0 Å². The number of unbranched alkanes of at least 4 members (excludes halogenated alkanes) is 9. The van der Waals surface area contributed by atoms with Crippen LogP contribution in [0.2, 0.25) is 0 Å². The number of hydrogen-bond donors (Lipinski definition) is 1. The number of primary amides is 1. The Morgan fingerprint density at radius 3 is 1.85 bits per heavy atom. The van der Waals surface area contributed by atoms with Crippen LogP contribution in [0.25, 0.3) is 0 Å². The van der Waals surface area contributed by atoms with Crippen molar-refractivity contribution in [3.05, 3.63) is 0 Å². The van der Waals surface area contributed by atoms with Crippen LogP contribution < -0.4 is 5.73 Å². The van der Waals surface area contributed by atoms with Crippen molar-refractivity contribution in [2.75, 3.05) is 13.7 Å². The molecule has 0 aliphatic carbocycles. The van der Waals surface area contributed by atoms with Crippen LogP contribution in [0.1, 0.15) is 111 Å². The quantitative estimate of drug-likeness (QED) is 0.265. The zero-order valence-electron chi connectivity index (χ0n) is 18.2. The molecule has 0 bridgehead atoms. The van der Waals surface area contributed by atoms with Gasteiger partial charge in [0.2, 0.25) is 5.91 Å². The monoisotopic (exact) mass is 369 g/mol.